The lowest BCUT2D eigenvalue weighted by Crippen LogP contribution is -2.36. The van der Waals surface area contributed by atoms with Gasteiger partial charge < -0.3 is 14.2 Å². The molecule has 27 heavy (non-hydrogen) atoms. The molecule has 0 amide bonds. The average molecular weight is 386 g/mol. The van der Waals surface area contributed by atoms with Crippen LogP contribution in [0.25, 0.3) is 11.2 Å². The summed E-state index contributed by atoms with van der Waals surface area (Å²) in [6.45, 7) is 5.08. The van der Waals surface area contributed by atoms with E-state index in [1.54, 1.807) is 6.33 Å². The summed E-state index contributed by atoms with van der Waals surface area (Å²) in [6, 6.07) is 10.1. The SMILES string of the molecule is Clc1ncnc2c1ncn2CCCN1CCC(COc2ccccc2)CC1. The van der Waals surface area contributed by atoms with E-state index in [0.717, 1.165) is 50.6 Å². The summed E-state index contributed by atoms with van der Waals surface area (Å²) >= 11 is 6.06. The maximum absolute atomic E-state index is 6.06. The first-order chi connectivity index (χ1) is 13.3. The van der Waals surface area contributed by atoms with Gasteiger partial charge in [0, 0.05) is 6.54 Å². The molecule has 0 bridgehead atoms. The van der Waals surface area contributed by atoms with Gasteiger partial charge in [0.05, 0.1) is 12.9 Å². The fourth-order valence-electron chi connectivity index (χ4n) is 3.59. The van der Waals surface area contributed by atoms with Crippen LogP contribution < -0.4 is 4.74 Å². The lowest BCUT2D eigenvalue weighted by atomic mass is 9.97. The zero-order chi connectivity index (χ0) is 18.5. The molecule has 0 saturated carbocycles. The number of halogens is 1. The minimum absolute atomic E-state index is 0.415. The van der Waals surface area contributed by atoms with Crippen molar-refractivity contribution in [1.29, 1.82) is 0 Å². The van der Waals surface area contributed by atoms with E-state index in [1.807, 2.05) is 30.3 Å². The summed E-state index contributed by atoms with van der Waals surface area (Å²) in [5.41, 5.74) is 1.49. The van der Waals surface area contributed by atoms with Gasteiger partial charge in [0.1, 0.15) is 17.6 Å². The van der Waals surface area contributed by atoms with Gasteiger partial charge in [0.25, 0.3) is 0 Å². The fourth-order valence-corrected chi connectivity index (χ4v) is 3.76. The Hall–Kier alpha value is -2.18. The van der Waals surface area contributed by atoms with Crippen molar-refractivity contribution < 1.29 is 4.74 Å². The molecule has 7 heteroatoms. The maximum atomic E-state index is 6.06. The number of aromatic nitrogens is 4. The Balaban J connectivity index is 1.19. The van der Waals surface area contributed by atoms with Crippen molar-refractivity contribution in [3.05, 3.63) is 48.1 Å². The molecule has 0 aliphatic carbocycles. The van der Waals surface area contributed by atoms with Crippen molar-refractivity contribution in [2.75, 3.05) is 26.2 Å². The van der Waals surface area contributed by atoms with E-state index in [4.69, 9.17) is 16.3 Å². The van der Waals surface area contributed by atoms with Crippen LogP contribution in [0.1, 0.15) is 19.3 Å². The van der Waals surface area contributed by atoms with Crippen LogP contribution in [0, 0.1) is 5.92 Å². The topological polar surface area (TPSA) is 56.1 Å². The third-order valence-electron chi connectivity index (χ3n) is 5.17. The highest BCUT2D eigenvalue weighted by Crippen LogP contribution is 2.20. The van der Waals surface area contributed by atoms with E-state index in [2.05, 4.69) is 24.4 Å². The quantitative estimate of drug-likeness (QED) is 0.581. The second-order valence-corrected chi connectivity index (χ2v) is 7.40. The van der Waals surface area contributed by atoms with Crippen LogP contribution in [0.3, 0.4) is 0 Å². The third kappa shape index (κ3) is 4.57. The van der Waals surface area contributed by atoms with E-state index in [9.17, 15) is 0 Å². The van der Waals surface area contributed by atoms with E-state index >= 15 is 0 Å². The van der Waals surface area contributed by atoms with Gasteiger partial charge in [0.2, 0.25) is 0 Å². The van der Waals surface area contributed by atoms with Crippen molar-refractivity contribution >= 4 is 22.8 Å². The molecule has 0 unspecified atom stereocenters. The smallest absolute Gasteiger partial charge is 0.164 e. The molecule has 142 valence electrons. The molecular formula is C20H24ClN5O. The number of benzene rings is 1. The Morgan fingerprint density at radius 1 is 1.04 bits per heavy atom. The van der Waals surface area contributed by atoms with Gasteiger partial charge in [-0.15, -0.1) is 0 Å². The number of imidazole rings is 1. The normalized spacial score (nSPS) is 16.0. The van der Waals surface area contributed by atoms with E-state index < -0.39 is 0 Å². The Morgan fingerprint density at radius 3 is 2.67 bits per heavy atom. The molecule has 1 fully saturated rings. The van der Waals surface area contributed by atoms with Crippen molar-refractivity contribution in [1.82, 2.24) is 24.4 Å². The van der Waals surface area contributed by atoms with Gasteiger partial charge in [0.15, 0.2) is 10.8 Å². The summed E-state index contributed by atoms with van der Waals surface area (Å²) in [5, 5.41) is 0.415. The number of ether oxygens (including phenoxy) is 1. The highest BCUT2D eigenvalue weighted by atomic mass is 35.5. The zero-order valence-corrected chi connectivity index (χ0v) is 16.1. The molecule has 0 atom stereocenters. The summed E-state index contributed by atoms with van der Waals surface area (Å²) in [6.07, 6.45) is 6.76. The molecular weight excluding hydrogens is 362 g/mol. The molecule has 3 aromatic rings. The molecule has 0 N–H and O–H groups in total. The average Bonchev–Trinajstić information content (AvgIpc) is 3.13. The third-order valence-corrected chi connectivity index (χ3v) is 5.44. The molecule has 1 saturated heterocycles. The number of aryl methyl sites for hydroxylation is 1. The van der Waals surface area contributed by atoms with E-state index in [1.165, 1.54) is 19.2 Å². The molecule has 1 aromatic carbocycles. The summed E-state index contributed by atoms with van der Waals surface area (Å²) < 4.78 is 7.97. The summed E-state index contributed by atoms with van der Waals surface area (Å²) in [5.74, 6) is 1.62. The number of fused-ring (bicyclic) bond motifs is 1. The van der Waals surface area contributed by atoms with Crippen LogP contribution in [0.15, 0.2) is 43.0 Å². The molecule has 2 aromatic heterocycles. The van der Waals surface area contributed by atoms with Gasteiger partial charge in [-0.2, -0.15) is 0 Å². The second-order valence-electron chi connectivity index (χ2n) is 7.04. The van der Waals surface area contributed by atoms with Crippen molar-refractivity contribution in [2.45, 2.75) is 25.8 Å². The van der Waals surface area contributed by atoms with Crippen LogP contribution in [0.4, 0.5) is 0 Å². The number of hydrogen-bond acceptors (Lipinski definition) is 5. The molecule has 1 aliphatic rings. The second kappa shape index (κ2) is 8.67. The van der Waals surface area contributed by atoms with Crippen molar-refractivity contribution in [2.24, 2.45) is 5.92 Å². The first-order valence-corrected chi connectivity index (χ1v) is 9.89. The molecule has 4 rings (SSSR count). The van der Waals surface area contributed by atoms with Crippen LogP contribution in [-0.4, -0.2) is 50.7 Å². The van der Waals surface area contributed by atoms with E-state index in [-0.39, 0.29) is 0 Å². The highest BCUT2D eigenvalue weighted by molar-refractivity contribution is 6.33. The number of para-hydroxylation sites is 1. The predicted molar refractivity (Wildman–Crippen MR) is 106 cm³/mol. The minimum atomic E-state index is 0.415. The monoisotopic (exact) mass is 385 g/mol. The number of piperidine rings is 1. The molecule has 3 heterocycles. The number of hydrogen-bond donors (Lipinski definition) is 0. The lowest BCUT2D eigenvalue weighted by molar-refractivity contribution is 0.139. The Bertz CT molecular complexity index is 861. The molecule has 1 aliphatic heterocycles. The van der Waals surface area contributed by atoms with Crippen molar-refractivity contribution in [3.8, 4) is 5.75 Å². The summed E-state index contributed by atoms with van der Waals surface area (Å²) in [4.78, 5) is 15.1. The van der Waals surface area contributed by atoms with Crippen LogP contribution in [0.5, 0.6) is 5.75 Å². The largest absolute Gasteiger partial charge is 0.493 e. The fraction of sp³-hybridized carbons (Fsp3) is 0.450. The van der Waals surface area contributed by atoms with Crippen LogP contribution in [0.2, 0.25) is 5.15 Å². The van der Waals surface area contributed by atoms with Crippen LogP contribution in [-0.2, 0) is 6.54 Å². The number of likely N-dealkylation sites (tertiary alicyclic amines) is 1. The summed E-state index contributed by atoms with van der Waals surface area (Å²) in [7, 11) is 0. The standard InChI is InChI=1S/C20H24ClN5O/c21-19-18-20(23-14-22-19)26(15-24-18)10-4-9-25-11-7-16(8-12-25)13-27-17-5-2-1-3-6-17/h1-3,5-6,14-16H,4,7-13H2. The number of nitrogens with zero attached hydrogens (tertiary/aromatic N) is 5. The molecule has 0 radical (unpaired) electrons. The Kier molecular flexibility index (Phi) is 5.84. The van der Waals surface area contributed by atoms with Gasteiger partial charge in [-0.1, -0.05) is 29.8 Å². The predicted octanol–water partition coefficient (Wildman–Crippen LogP) is 3.66. The van der Waals surface area contributed by atoms with Gasteiger partial charge in [-0.05, 0) is 56.9 Å². The van der Waals surface area contributed by atoms with Gasteiger partial charge in [-0.3, -0.25) is 0 Å². The molecule has 6 nitrogen and oxygen atoms in total. The number of rotatable bonds is 7. The van der Waals surface area contributed by atoms with Crippen molar-refractivity contribution in [3.63, 3.8) is 0 Å². The first kappa shape index (κ1) is 18.2. The van der Waals surface area contributed by atoms with Gasteiger partial charge >= 0.3 is 0 Å². The minimum Gasteiger partial charge on any atom is -0.493 e. The van der Waals surface area contributed by atoms with Gasteiger partial charge in [-0.25, -0.2) is 15.0 Å². The Labute approximate surface area is 164 Å². The zero-order valence-electron chi connectivity index (χ0n) is 15.3. The Morgan fingerprint density at radius 2 is 1.85 bits per heavy atom. The van der Waals surface area contributed by atoms with Crippen LogP contribution >= 0.6 is 11.6 Å². The maximum Gasteiger partial charge on any atom is 0.164 e. The molecule has 0 spiro atoms. The van der Waals surface area contributed by atoms with E-state index in [0.29, 0.717) is 16.6 Å². The lowest BCUT2D eigenvalue weighted by Gasteiger charge is -2.31. The first-order valence-electron chi connectivity index (χ1n) is 9.51. The highest BCUT2D eigenvalue weighted by Gasteiger charge is 2.19.